The van der Waals surface area contributed by atoms with Crippen molar-refractivity contribution in [1.29, 1.82) is 0 Å². The lowest BCUT2D eigenvalue weighted by Gasteiger charge is -2.15. The van der Waals surface area contributed by atoms with Gasteiger partial charge in [0.2, 0.25) is 6.29 Å². The molecular formula is C9H18O4. The standard InChI is InChI=1S/C9H18O4/c1-4-7-8(11-5-2)13-9(10)12-6-3/h8H,4-7H2,1-3H3. The van der Waals surface area contributed by atoms with Gasteiger partial charge in [-0.1, -0.05) is 13.3 Å². The molecule has 0 amide bonds. The van der Waals surface area contributed by atoms with Gasteiger partial charge in [0, 0.05) is 13.0 Å². The first kappa shape index (κ1) is 12.2. The first-order valence-corrected chi connectivity index (χ1v) is 4.69. The van der Waals surface area contributed by atoms with E-state index in [0.717, 1.165) is 6.42 Å². The monoisotopic (exact) mass is 190 g/mol. The van der Waals surface area contributed by atoms with Crippen LogP contribution >= 0.6 is 0 Å². The largest absolute Gasteiger partial charge is 0.510 e. The normalized spacial score (nSPS) is 12.2. The molecule has 4 heteroatoms. The maximum Gasteiger partial charge on any atom is 0.510 e. The van der Waals surface area contributed by atoms with E-state index in [1.807, 2.05) is 13.8 Å². The van der Waals surface area contributed by atoms with Crippen LogP contribution in [0.4, 0.5) is 4.79 Å². The highest BCUT2D eigenvalue weighted by atomic mass is 16.8. The Morgan fingerprint density at radius 2 is 1.92 bits per heavy atom. The van der Waals surface area contributed by atoms with Gasteiger partial charge in [-0.3, -0.25) is 0 Å². The van der Waals surface area contributed by atoms with Gasteiger partial charge in [0.25, 0.3) is 0 Å². The summed E-state index contributed by atoms with van der Waals surface area (Å²) in [7, 11) is 0. The van der Waals surface area contributed by atoms with Crippen molar-refractivity contribution in [3.63, 3.8) is 0 Å². The molecule has 0 heterocycles. The highest BCUT2D eigenvalue weighted by Crippen LogP contribution is 2.05. The summed E-state index contributed by atoms with van der Waals surface area (Å²) in [6, 6.07) is 0. The summed E-state index contributed by atoms with van der Waals surface area (Å²) < 4.78 is 14.7. The van der Waals surface area contributed by atoms with Crippen LogP contribution in [0.25, 0.3) is 0 Å². The minimum Gasteiger partial charge on any atom is -0.435 e. The predicted molar refractivity (Wildman–Crippen MR) is 48.4 cm³/mol. The fourth-order valence-corrected chi connectivity index (χ4v) is 0.857. The van der Waals surface area contributed by atoms with Gasteiger partial charge in [-0.25, -0.2) is 4.79 Å². The summed E-state index contributed by atoms with van der Waals surface area (Å²) in [6.45, 7) is 6.45. The average molecular weight is 190 g/mol. The fraction of sp³-hybridized carbons (Fsp3) is 0.889. The molecule has 0 aliphatic heterocycles. The zero-order valence-corrected chi connectivity index (χ0v) is 8.54. The van der Waals surface area contributed by atoms with Crippen molar-refractivity contribution in [1.82, 2.24) is 0 Å². The van der Waals surface area contributed by atoms with Gasteiger partial charge in [-0.15, -0.1) is 0 Å². The van der Waals surface area contributed by atoms with E-state index in [4.69, 9.17) is 9.47 Å². The van der Waals surface area contributed by atoms with Gasteiger partial charge in [0.05, 0.1) is 6.61 Å². The quantitative estimate of drug-likeness (QED) is 0.476. The van der Waals surface area contributed by atoms with E-state index in [0.29, 0.717) is 19.6 Å². The lowest BCUT2D eigenvalue weighted by Crippen LogP contribution is -2.22. The van der Waals surface area contributed by atoms with Crippen molar-refractivity contribution in [2.24, 2.45) is 0 Å². The third-order valence-electron chi connectivity index (χ3n) is 1.37. The van der Waals surface area contributed by atoms with Gasteiger partial charge < -0.3 is 14.2 Å². The summed E-state index contributed by atoms with van der Waals surface area (Å²) in [5, 5.41) is 0. The Morgan fingerprint density at radius 1 is 1.23 bits per heavy atom. The van der Waals surface area contributed by atoms with Gasteiger partial charge in [-0.2, -0.15) is 0 Å². The molecule has 0 spiro atoms. The number of carbonyl (C=O) groups excluding carboxylic acids is 1. The summed E-state index contributed by atoms with van der Waals surface area (Å²) in [5.74, 6) is 0. The minimum atomic E-state index is -0.658. The van der Waals surface area contributed by atoms with Crippen LogP contribution in [0, 0.1) is 0 Å². The van der Waals surface area contributed by atoms with Crippen LogP contribution in [0.3, 0.4) is 0 Å². The van der Waals surface area contributed by atoms with Crippen molar-refractivity contribution in [3.05, 3.63) is 0 Å². The molecule has 0 N–H and O–H groups in total. The van der Waals surface area contributed by atoms with Gasteiger partial charge in [0.15, 0.2) is 0 Å². The Morgan fingerprint density at radius 3 is 2.38 bits per heavy atom. The molecule has 0 aromatic carbocycles. The first-order chi connectivity index (χ1) is 6.24. The van der Waals surface area contributed by atoms with E-state index < -0.39 is 12.4 Å². The van der Waals surface area contributed by atoms with Crippen LogP contribution in [0.1, 0.15) is 33.6 Å². The number of carbonyl (C=O) groups is 1. The summed E-state index contributed by atoms with van der Waals surface area (Å²) in [4.78, 5) is 10.9. The van der Waals surface area contributed by atoms with Crippen molar-refractivity contribution in [2.75, 3.05) is 13.2 Å². The molecule has 0 rings (SSSR count). The Hall–Kier alpha value is -0.770. The molecule has 78 valence electrons. The third-order valence-corrected chi connectivity index (χ3v) is 1.37. The minimum absolute atomic E-state index is 0.323. The highest BCUT2D eigenvalue weighted by molar-refractivity contribution is 5.59. The van der Waals surface area contributed by atoms with E-state index in [-0.39, 0.29) is 0 Å². The molecule has 0 saturated carbocycles. The number of ether oxygens (including phenoxy) is 3. The molecule has 0 radical (unpaired) electrons. The van der Waals surface area contributed by atoms with E-state index in [9.17, 15) is 4.79 Å². The Kier molecular flexibility index (Phi) is 7.39. The zero-order valence-electron chi connectivity index (χ0n) is 8.54. The fourth-order valence-electron chi connectivity index (χ4n) is 0.857. The van der Waals surface area contributed by atoms with Crippen molar-refractivity contribution in [3.8, 4) is 0 Å². The van der Waals surface area contributed by atoms with Crippen LogP contribution in [-0.4, -0.2) is 25.7 Å². The van der Waals surface area contributed by atoms with Crippen LogP contribution in [0.2, 0.25) is 0 Å². The van der Waals surface area contributed by atoms with Crippen molar-refractivity contribution >= 4 is 6.16 Å². The Labute approximate surface area is 79.2 Å². The molecule has 4 nitrogen and oxygen atoms in total. The van der Waals surface area contributed by atoms with E-state index in [1.54, 1.807) is 6.92 Å². The number of rotatable bonds is 6. The molecule has 0 bridgehead atoms. The molecule has 0 aromatic heterocycles. The molecule has 1 unspecified atom stereocenters. The second kappa shape index (κ2) is 7.86. The van der Waals surface area contributed by atoms with E-state index in [1.165, 1.54) is 0 Å². The number of hydrogen-bond donors (Lipinski definition) is 0. The molecule has 0 aliphatic rings. The summed E-state index contributed by atoms with van der Waals surface area (Å²) in [5.41, 5.74) is 0. The van der Waals surface area contributed by atoms with Gasteiger partial charge in [-0.05, 0) is 13.8 Å². The molecule has 1 atom stereocenters. The van der Waals surface area contributed by atoms with Crippen molar-refractivity contribution < 1.29 is 19.0 Å². The Bertz CT molecular complexity index is 130. The molecule has 13 heavy (non-hydrogen) atoms. The molecule has 0 aromatic rings. The van der Waals surface area contributed by atoms with Gasteiger partial charge in [0.1, 0.15) is 0 Å². The molecule has 0 aliphatic carbocycles. The maximum absolute atomic E-state index is 10.9. The number of hydrogen-bond acceptors (Lipinski definition) is 4. The smallest absolute Gasteiger partial charge is 0.435 e. The second-order valence-corrected chi connectivity index (χ2v) is 2.47. The first-order valence-electron chi connectivity index (χ1n) is 4.69. The van der Waals surface area contributed by atoms with Crippen LogP contribution in [0.15, 0.2) is 0 Å². The highest BCUT2D eigenvalue weighted by Gasteiger charge is 2.13. The lowest BCUT2D eigenvalue weighted by atomic mass is 10.3. The SMILES string of the molecule is CCCC(OCC)OC(=O)OCC. The van der Waals surface area contributed by atoms with Crippen LogP contribution in [-0.2, 0) is 14.2 Å². The van der Waals surface area contributed by atoms with Crippen LogP contribution in [0.5, 0.6) is 0 Å². The molecular weight excluding hydrogens is 172 g/mol. The second-order valence-electron chi connectivity index (χ2n) is 2.47. The van der Waals surface area contributed by atoms with Crippen molar-refractivity contribution in [2.45, 2.75) is 39.9 Å². The van der Waals surface area contributed by atoms with E-state index >= 15 is 0 Å². The molecule has 0 saturated heterocycles. The summed E-state index contributed by atoms with van der Waals surface area (Å²) >= 11 is 0. The summed E-state index contributed by atoms with van der Waals surface area (Å²) in [6.07, 6.45) is 0.486. The van der Waals surface area contributed by atoms with Crippen LogP contribution < -0.4 is 0 Å². The van der Waals surface area contributed by atoms with E-state index in [2.05, 4.69) is 4.74 Å². The topological polar surface area (TPSA) is 44.8 Å². The predicted octanol–water partition coefficient (Wildman–Crippen LogP) is 2.32. The average Bonchev–Trinajstić information content (AvgIpc) is 2.05. The third kappa shape index (κ3) is 6.40. The zero-order chi connectivity index (χ0) is 10.1. The lowest BCUT2D eigenvalue weighted by molar-refractivity contribution is -0.121. The molecule has 0 fully saturated rings. The van der Waals surface area contributed by atoms with Gasteiger partial charge >= 0.3 is 6.16 Å². The maximum atomic E-state index is 10.9. The Balaban J connectivity index is 3.71.